The van der Waals surface area contributed by atoms with E-state index in [1.807, 2.05) is 0 Å². The summed E-state index contributed by atoms with van der Waals surface area (Å²) in [5.74, 6) is -2.97. The van der Waals surface area contributed by atoms with Gasteiger partial charge in [-0.2, -0.15) is 4.39 Å². The normalized spacial score (nSPS) is 10.6. The molecule has 2 nitrogen and oxygen atoms in total. The molecular weight excluding hydrogens is 231 g/mol. The summed E-state index contributed by atoms with van der Waals surface area (Å²) in [7, 11) is 0. The number of aliphatic hydroxyl groups is 1. The summed E-state index contributed by atoms with van der Waals surface area (Å²) in [5.41, 5.74) is -0.0334. The number of pyridine rings is 1. The van der Waals surface area contributed by atoms with Crippen LogP contribution in [0.4, 0.5) is 13.2 Å². The highest BCUT2D eigenvalue weighted by Gasteiger charge is 2.14. The van der Waals surface area contributed by atoms with Gasteiger partial charge in [0.2, 0.25) is 5.95 Å². The Morgan fingerprint density at radius 3 is 2.53 bits per heavy atom. The van der Waals surface area contributed by atoms with Gasteiger partial charge < -0.3 is 5.11 Å². The van der Waals surface area contributed by atoms with Gasteiger partial charge in [-0.1, -0.05) is 6.07 Å². The number of halogens is 3. The van der Waals surface area contributed by atoms with Crippen molar-refractivity contribution in [3.8, 4) is 11.3 Å². The van der Waals surface area contributed by atoms with E-state index in [9.17, 15) is 13.2 Å². The highest BCUT2D eigenvalue weighted by molar-refractivity contribution is 5.63. The molecule has 88 valence electrons. The first-order valence-corrected chi connectivity index (χ1v) is 4.84. The topological polar surface area (TPSA) is 33.1 Å². The van der Waals surface area contributed by atoms with Crippen molar-refractivity contribution in [3.63, 3.8) is 0 Å². The molecule has 0 radical (unpaired) electrons. The van der Waals surface area contributed by atoms with Crippen molar-refractivity contribution >= 4 is 0 Å². The van der Waals surface area contributed by atoms with E-state index in [0.29, 0.717) is 0 Å². The SMILES string of the molecule is OCc1ccc(F)nc1-c1cccc(F)c1F. The van der Waals surface area contributed by atoms with E-state index in [2.05, 4.69) is 4.98 Å². The van der Waals surface area contributed by atoms with Crippen LogP contribution in [0.25, 0.3) is 11.3 Å². The van der Waals surface area contributed by atoms with Crippen LogP contribution in [-0.2, 0) is 6.61 Å². The van der Waals surface area contributed by atoms with Gasteiger partial charge in [0, 0.05) is 11.1 Å². The van der Waals surface area contributed by atoms with Gasteiger partial charge >= 0.3 is 0 Å². The highest BCUT2D eigenvalue weighted by Crippen LogP contribution is 2.26. The van der Waals surface area contributed by atoms with Gasteiger partial charge in [0.15, 0.2) is 11.6 Å². The van der Waals surface area contributed by atoms with Crippen molar-refractivity contribution in [2.45, 2.75) is 6.61 Å². The lowest BCUT2D eigenvalue weighted by Gasteiger charge is -2.07. The standard InChI is InChI=1S/C12H8F3NO/c13-9-3-1-2-8(11(9)15)12-7(6-17)4-5-10(14)16-12/h1-5,17H,6H2. The summed E-state index contributed by atoms with van der Waals surface area (Å²) in [5, 5.41) is 9.05. The number of nitrogens with zero attached hydrogens (tertiary/aromatic N) is 1. The molecule has 0 aliphatic heterocycles. The fourth-order valence-electron chi connectivity index (χ4n) is 1.51. The monoisotopic (exact) mass is 239 g/mol. The average Bonchev–Trinajstić information content (AvgIpc) is 2.33. The minimum absolute atomic E-state index is 0.0931. The summed E-state index contributed by atoms with van der Waals surface area (Å²) >= 11 is 0. The Morgan fingerprint density at radius 2 is 1.82 bits per heavy atom. The van der Waals surface area contributed by atoms with E-state index >= 15 is 0 Å². The molecule has 0 bridgehead atoms. The summed E-state index contributed by atoms with van der Waals surface area (Å²) in [4.78, 5) is 3.48. The summed E-state index contributed by atoms with van der Waals surface area (Å²) < 4.78 is 39.6. The second-order valence-electron chi connectivity index (χ2n) is 3.40. The number of aromatic nitrogens is 1. The van der Waals surface area contributed by atoms with Crippen molar-refractivity contribution in [1.29, 1.82) is 0 Å². The van der Waals surface area contributed by atoms with Crippen molar-refractivity contribution in [2.75, 3.05) is 0 Å². The highest BCUT2D eigenvalue weighted by atomic mass is 19.2. The lowest BCUT2D eigenvalue weighted by Crippen LogP contribution is -1.99. The molecule has 1 heterocycles. The van der Waals surface area contributed by atoms with Crippen molar-refractivity contribution in [3.05, 3.63) is 53.5 Å². The van der Waals surface area contributed by atoms with E-state index in [-0.39, 0.29) is 16.8 Å². The van der Waals surface area contributed by atoms with E-state index < -0.39 is 24.2 Å². The van der Waals surface area contributed by atoms with E-state index in [4.69, 9.17) is 5.11 Å². The van der Waals surface area contributed by atoms with Crippen LogP contribution in [0.3, 0.4) is 0 Å². The molecule has 0 saturated carbocycles. The molecule has 0 atom stereocenters. The molecule has 0 unspecified atom stereocenters. The molecule has 0 spiro atoms. The molecule has 1 aromatic carbocycles. The maximum atomic E-state index is 13.5. The van der Waals surface area contributed by atoms with Gasteiger partial charge in [-0.3, -0.25) is 0 Å². The summed E-state index contributed by atoms with van der Waals surface area (Å²) in [6.45, 7) is -0.432. The first-order chi connectivity index (χ1) is 8.13. The molecule has 2 rings (SSSR count). The maximum Gasteiger partial charge on any atom is 0.213 e. The molecular formula is C12H8F3NO. The second kappa shape index (κ2) is 4.55. The van der Waals surface area contributed by atoms with Gasteiger partial charge in [-0.25, -0.2) is 13.8 Å². The summed E-state index contributed by atoms with van der Waals surface area (Å²) in [6.07, 6.45) is 0. The Kier molecular flexibility index (Phi) is 3.10. The first-order valence-electron chi connectivity index (χ1n) is 4.84. The van der Waals surface area contributed by atoms with Gasteiger partial charge in [0.25, 0.3) is 0 Å². The molecule has 0 amide bonds. The Labute approximate surface area is 95.4 Å². The smallest absolute Gasteiger partial charge is 0.213 e. The zero-order valence-corrected chi connectivity index (χ0v) is 8.62. The minimum Gasteiger partial charge on any atom is -0.392 e. The lowest BCUT2D eigenvalue weighted by molar-refractivity contribution is 0.281. The number of benzene rings is 1. The fourth-order valence-corrected chi connectivity index (χ4v) is 1.51. The number of rotatable bonds is 2. The number of hydrogen-bond donors (Lipinski definition) is 1. The summed E-state index contributed by atoms with van der Waals surface area (Å²) in [6, 6.07) is 5.85. The van der Waals surface area contributed by atoms with E-state index in [0.717, 1.165) is 12.1 Å². The molecule has 17 heavy (non-hydrogen) atoms. The maximum absolute atomic E-state index is 13.5. The number of aliphatic hydroxyl groups excluding tert-OH is 1. The molecule has 2 aromatic rings. The van der Waals surface area contributed by atoms with Crippen molar-refractivity contribution < 1.29 is 18.3 Å². The molecule has 0 saturated heterocycles. The average molecular weight is 239 g/mol. The molecule has 1 N–H and O–H groups in total. The van der Waals surface area contributed by atoms with Gasteiger partial charge in [0.05, 0.1) is 12.3 Å². The zero-order valence-electron chi connectivity index (χ0n) is 8.62. The lowest BCUT2D eigenvalue weighted by atomic mass is 10.1. The van der Waals surface area contributed by atoms with Crippen LogP contribution in [-0.4, -0.2) is 10.1 Å². The molecule has 0 aliphatic carbocycles. The second-order valence-corrected chi connectivity index (χ2v) is 3.40. The third-order valence-corrected chi connectivity index (χ3v) is 2.32. The zero-order chi connectivity index (χ0) is 12.4. The minimum atomic E-state index is -1.11. The quantitative estimate of drug-likeness (QED) is 0.817. The van der Waals surface area contributed by atoms with Crippen LogP contribution in [0.5, 0.6) is 0 Å². The third-order valence-electron chi connectivity index (χ3n) is 2.32. The predicted molar refractivity (Wildman–Crippen MR) is 55.5 cm³/mol. The van der Waals surface area contributed by atoms with Crippen LogP contribution >= 0.6 is 0 Å². The largest absolute Gasteiger partial charge is 0.392 e. The van der Waals surface area contributed by atoms with Crippen LogP contribution in [0, 0.1) is 17.6 Å². The van der Waals surface area contributed by atoms with Crippen LogP contribution in [0.2, 0.25) is 0 Å². The molecule has 0 fully saturated rings. The van der Waals surface area contributed by atoms with Crippen molar-refractivity contribution in [1.82, 2.24) is 4.98 Å². The Balaban J connectivity index is 2.67. The van der Waals surface area contributed by atoms with E-state index in [1.165, 1.54) is 18.2 Å². The first kappa shape index (κ1) is 11.6. The Hall–Kier alpha value is -1.88. The fraction of sp³-hybridized carbons (Fsp3) is 0.0833. The van der Waals surface area contributed by atoms with Gasteiger partial charge in [0.1, 0.15) is 0 Å². The van der Waals surface area contributed by atoms with E-state index in [1.54, 1.807) is 0 Å². The van der Waals surface area contributed by atoms with Crippen molar-refractivity contribution in [2.24, 2.45) is 0 Å². The molecule has 5 heteroatoms. The third kappa shape index (κ3) is 2.14. The van der Waals surface area contributed by atoms with Crippen LogP contribution in [0.15, 0.2) is 30.3 Å². The van der Waals surface area contributed by atoms with Crippen LogP contribution in [0.1, 0.15) is 5.56 Å². The Bertz CT molecular complexity index is 557. The van der Waals surface area contributed by atoms with Gasteiger partial charge in [-0.05, 0) is 24.3 Å². The molecule has 0 aliphatic rings. The molecule has 1 aromatic heterocycles. The Morgan fingerprint density at radius 1 is 1.06 bits per heavy atom. The van der Waals surface area contributed by atoms with Gasteiger partial charge in [-0.15, -0.1) is 0 Å². The van der Waals surface area contributed by atoms with Crippen LogP contribution < -0.4 is 0 Å². The predicted octanol–water partition coefficient (Wildman–Crippen LogP) is 2.66. The number of hydrogen-bond acceptors (Lipinski definition) is 2.